The number of amides is 1. The Balaban J connectivity index is 1.91. The molecule has 0 spiro atoms. The second-order valence-electron chi connectivity index (χ2n) is 5.02. The van der Waals surface area contributed by atoms with Crippen LogP contribution in [-0.4, -0.2) is 25.3 Å². The van der Waals surface area contributed by atoms with Gasteiger partial charge in [0.25, 0.3) is 5.91 Å². The van der Waals surface area contributed by atoms with E-state index in [1.807, 2.05) is 6.07 Å². The number of aliphatic imine (C=N–C) groups is 1. The molecule has 128 valence electrons. The molecule has 2 aromatic rings. The smallest absolute Gasteiger partial charge is 0.264 e. The molecule has 0 aromatic heterocycles. The number of hydrogen-bond acceptors (Lipinski definition) is 5. The first-order valence-corrected chi connectivity index (χ1v) is 8.19. The second-order valence-corrected chi connectivity index (χ2v) is 6.05. The predicted molar refractivity (Wildman–Crippen MR) is 96.8 cm³/mol. The highest BCUT2D eigenvalue weighted by molar-refractivity contribution is 8.18. The third-order valence-electron chi connectivity index (χ3n) is 3.45. The molecule has 0 aliphatic carbocycles. The largest absolute Gasteiger partial charge is 0.493 e. The molecule has 0 saturated carbocycles. The Morgan fingerprint density at radius 2 is 1.92 bits per heavy atom. The summed E-state index contributed by atoms with van der Waals surface area (Å²) in [4.78, 5) is 16.8. The van der Waals surface area contributed by atoms with Gasteiger partial charge < -0.3 is 14.8 Å². The average molecular weight is 358 g/mol. The van der Waals surface area contributed by atoms with Gasteiger partial charge in [-0.25, -0.2) is 9.38 Å². The van der Waals surface area contributed by atoms with E-state index in [-0.39, 0.29) is 11.6 Å². The third-order valence-corrected chi connectivity index (χ3v) is 4.36. The van der Waals surface area contributed by atoms with Crippen molar-refractivity contribution < 1.29 is 18.7 Å². The monoisotopic (exact) mass is 358 g/mol. The summed E-state index contributed by atoms with van der Waals surface area (Å²) in [6, 6.07) is 11.5. The van der Waals surface area contributed by atoms with Gasteiger partial charge in [-0.05, 0) is 36.0 Å². The number of thioether (sulfide) groups is 1. The van der Waals surface area contributed by atoms with Crippen molar-refractivity contribution in [2.45, 2.75) is 0 Å². The van der Waals surface area contributed by atoms with E-state index in [1.54, 1.807) is 43.5 Å². The molecule has 1 N–H and O–H groups in total. The number of hydrogen-bond donors (Lipinski definition) is 1. The summed E-state index contributed by atoms with van der Waals surface area (Å²) in [7, 11) is 3.08. The zero-order chi connectivity index (χ0) is 17.8. The highest BCUT2D eigenvalue weighted by atomic mass is 32.2. The van der Waals surface area contributed by atoms with Crippen molar-refractivity contribution >= 4 is 34.6 Å². The molecule has 0 bridgehead atoms. The van der Waals surface area contributed by atoms with Crippen molar-refractivity contribution in [2.75, 3.05) is 14.2 Å². The van der Waals surface area contributed by atoms with Gasteiger partial charge in [0.2, 0.25) is 0 Å². The van der Waals surface area contributed by atoms with Crippen molar-refractivity contribution in [3.63, 3.8) is 0 Å². The van der Waals surface area contributed by atoms with Gasteiger partial charge in [0.05, 0.1) is 19.1 Å². The number of nitrogens with one attached hydrogen (secondary N) is 1. The lowest BCUT2D eigenvalue weighted by Gasteiger charge is -2.10. The van der Waals surface area contributed by atoms with Gasteiger partial charge >= 0.3 is 0 Å². The number of carbonyl (C=O) groups is 1. The van der Waals surface area contributed by atoms with Crippen LogP contribution < -0.4 is 14.8 Å². The van der Waals surface area contributed by atoms with Crippen LogP contribution in [0.1, 0.15) is 5.56 Å². The molecule has 5 nitrogen and oxygen atoms in total. The average Bonchev–Trinajstić information content (AvgIpc) is 2.96. The van der Waals surface area contributed by atoms with Crippen molar-refractivity contribution in [1.29, 1.82) is 0 Å². The summed E-state index contributed by atoms with van der Waals surface area (Å²) in [5.41, 5.74) is 0.872. The molecule has 2 aromatic carbocycles. The number of rotatable bonds is 4. The van der Waals surface area contributed by atoms with Gasteiger partial charge in [-0.2, -0.15) is 0 Å². The number of methoxy groups -OCH3 is 2. The molecule has 1 fully saturated rings. The fourth-order valence-corrected chi connectivity index (χ4v) is 3.12. The van der Waals surface area contributed by atoms with Gasteiger partial charge in [0.1, 0.15) is 11.5 Å². The van der Waals surface area contributed by atoms with E-state index < -0.39 is 5.82 Å². The van der Waals surface area contributed by atoms with E-state index in [1.165, 1.54) is 13.2 Å². The Hall–Kier alpha value is -2.80. The Morgan fingerprint density at radius 1 is 1.12 bits per heavy atom. The molecule has 1 amide bonds. The van der Waals surface area contributed by atoms with Crippen LogP contribution in [0.15, 0.2) is 52.4 Å². The number of amidine groups is 1. The summed E-state index contributed by atoms with van der Waals surface area (Å²) in [5.74, 6) is 0.354. The lowest BCUT2D eigenvalue weighted by molar-refractivity contribution is -0.115. The molecule has 0 unspecified atom stereocenters. The molecular formula is C18H15FN2O3S. The molecular weight excluding hydrogens is 343 g/mol. The number of halogens is 1. The number of carbonyl (C=O) groups excluding carboxylic acids is 1. The quantitative estimate of drug-likeness (QED) is 0.846. The Morgan fingerprint density at radius 3 is 2.64 bits per heavy atom. The van der Waals surface area contributed by atoms with E-state index in [0.29, 0.717) is 27.1 Å². The lowest BCUT2D eigenvalue weighted by Crippen LogP contribution is -2.19. The fraction of sp³-hybridized carbons (Fsp3) is 0.111. The minimum atomic E-state index is -0.447. The van der Waals surface area contributed by atoms with Gasteiger partial charge in [0, 0.05) is 5.56 Å². The van der Waals surface area contributed by atoms with E-state index >= 15 is 0 Å². The van der Waals surface area contributed by atoms with Gasteiger partial charge in [0.15, 0.2) is 16.7 Å². The van der Waals surface area contributed by atoms with Crippen molar-refractivity contribution in [1.82, 2.24) is 5.32 Å². The van der Waals surface area contributed by atoms with E-state index in [2.05, 4.69) is 10.3 Å². The van der Waals surface area contributed by atoms with Crippen molar-refractivity contribution in [3.05, 3.63) is 58.8 Å². The minimum absolute atomic E-state index is 0.172. The van der Waals surface area contributed by atoms with Crippen LogP contribution in [0.4, 0.5) is 10.1 Å². The summed E-state index contributed by atoms with van der Waals surface area (Å²) in [5, 5.41) is 2.96. The fourth-order valence-electron chi connectivity index (χ4n) is 2.30. The SMILES string of the molecule is COc1cccc(/C=C2/SC(=Nc3ccccc3F)NC2=O)c1OC. The van der Waals surface area contributed by atoms with E-state index in [0.717, 1.165) is 11.8 Å². The maximum atomic E-state index is 13.7. The summed E-state index contributed by atoms with van der Waals surface area (Å²) in [6.45, 7) is 0. The summed E-state index contributed by atoms with van der Waals surface area (Å²) in [6.07, 6.45) is 1.69. The highest BCUT2D eigenvalue weighted by Gasteiger charge is 2.25. The Bertz CT molecular complexity index is 880. The highest BCUT2D eigenvalue weighted by Crippen LogP contribution is 2.35. The first-order valence-electron chi connectivity index (χ1n) is 7.37. The number of para-hydroxylation sites is 2. The molecule has 1 aliphatic heterocycles. The predicted octanol–water partition coefficient (Wildman–Crippen LogP) is 3.73. The zero-order valence-electron chi connectivity index (χ0n) is 13.6. The third kappa shape index (κ3) is 3.66. The van der Waals surface area contributed by atoms with Crippen LogP contribution in [0.25, 0.3) is 6.08 Å². The van der Waals surface area contributed by atoms with E-state index in [9.17, 15) is 9.18 Å². The van der Waals surface area contributed by atoms with Crippen LogP contribution >= 0.6 is 11.8 Å². The van der Waals surface area contributed by atoms with Crippen LogP contribution in [0, 0.1) is 5.82 Å². The standard InChI is InChI=1S/C18H15FN2O3S/c1-23-14-9-5-6-11(16(14)24-2)10-15-17(22)21-18(25-15)20-13-8-4-3-7-12(13)19/h3-10H,1-2H3,(H,20,21,22)/b15-10+. The van der Waals surface area contributed by atoms with E-state index in [4.69, 9.17) is 9.47 Å². The molecule has 25 heavy (non-hydrogen) atoms. The molecule has 1 heterocycles. The normalized spacial score (nSPS) is 17.0. The first-order chi connectivity index (χ1) is 12.1. The van der Waals surface area contributed by atoms with Crippen LogP contribution in [0.2, 0.25) is 0 Å². The second kappa shape index (κ2) is 7.40. The van der Waals surface area contributed by atoms with Gasteiger partial charge in [-0.3, -0.25) is 4.79 Å². The summed E-state index contributed by atoms with van der Waals surface area (Å²) < 4.78 is 24.3. The molecule has 0 atom stereocenters. The Kier molecular flexibility index (Phi) is 5.04. The molecule has 1 saturated heterocycles. The Labute approximate surface area is 148 Å². The maximum absolute atomic E-state index is 13.7. The van der Waals surface area contributed by atoms with Crippen LogP contribution in [0.5, 0.6) is 11.5 Å². The number of nitrogens with zero attached hydrogens (tertiary/aromatic N) is 1. The van der Waals surface area contributed by atoms with Crippen LogP contribution in [0.3, 0.4) is 0 Å². The zero-order valence-corrected chi connectivity index (χ0v) is 14.4. The number of ether oxygens (including phenoxy) is 2. The number of benzene rings is 2. The van der Waals surface area contributed by atoms with Gasteiger partial charge in [-0.1, -0.05) is 24.3 Å². The van der Waals surface area contributed by atoms with Crippen molar-refractivity contribution in [3.8, 4) is 11.5 Å². The van der Waals surface area contributed by atoms with Crippen molar-refractivity contribution in [2.24, 2.45) is 4.99 Å². The molecule has 1 aliphatic rings. The first kappa shape index (κ1) is 17.0. The molecule has 0 radical (unpaired) electrons. The lowest BCUT2D eigenvalue weighted by atomic mass is 10.1. The topological polar surface area (TPSA) is 59.9 Å². The maximum Gasteiger partial charge on any atom is 0.264 e. The van der Waals surface area contributed by atoms with Gasteiger partial charge in [-0.15, -0.1) is 0 Å². The summed E-state index contributed by atoms with van der Waals surface area (Å²) >= 11 is 1.14. The molecule has 3 rings (SSSR count). The van der Waals surface area contributed by atoms with Crippen LogP contribution in [-0.2, 0) is 4.79 Å². The molecule has 7 heteroatoms. The minimum Gasteiger partial charge on any atom is -0.493 e.